The maximum atomic E-state index is 12.2. The van der Waals surface area contributed by atoms with Gasteiger partial charge in [0, 0.05) is 35.4 Å². The minimum absolute atomic E-state index is 0.0227. The number of rotatable bonds is 2. The average Bonchev–Trinajstić information content (AvgIpc) is 2.86. The Bertz CT molecular complexity index is 608. The fourth-order valence-corrected chi connectivity index (χ4v) is 2.86. The van der Waals surface area contributed by atoms with Crippen LogP contribution in [0.5, 0.6) is 0 Å². The lowest BCUT2D eigenvalue weighted by molar-refractivity contribution is 0.0929. The molecule has 98 valence electrons. The van der Waals surface area contributed by atoms with Crippen LogP contribution in [0.2, 0.25) is 0 Å². The third-order valence-electron chi connectivity index (χ3n) is 3.40. The summed E-state index contributed by atoms with van der Waals surface area (Å²) in [5.74, 6) is -0.0227. The fraction of sp³-hybridized carbons (Fsp3) is 0.286. The molecule has 1 aromatic carbocycles. The highest BCUT2D eigenvalue weighted by Gasteiger charge is 2.21. The summed E-state index contributed by atoms with van der Waals surface area (Å²) in [4.78, 5) is 12.2. The highest BCUT2D eigenvalue weighted by molar-refractivity contribution is 9.10. The van der Waals surface area contributed by atoms with Gasteiger partial charge in [-0.1, -0.05) is 12.1 Å². The first-order chi connectivity index (χ1) is 9.24. The zero-order valence-corrected chi connectivity index (χ0v) is 11.9. The highest BCUT2D eigenvalue weighted by atomic mass is 79.9. The number of nitrogens with one attached hydrogen (secondary N) is 1. The molecule has 0 fully saturated rings. The molecule has 1 amide bonds. The van der Waals surface area contributed by atoms with Crippen LogP contribution in [0.3, 0.4) is 0 Å². The molecule has 0 saturated carbocycles. The van der Waals surface area contributed by atoms with Crippen LogP contribution in [0.4, 0.5) is 0 Å². The van der Waals surface area contributed by atoms with E-state index < -0.39 is 0 Å². The van der Waals surface area contributed by atoms with E-state index in [1.165, 1.54) is 5.69 Å². The van der Waals surface area contributed by atoms with Crippen molar-refractivity contribution in [3.63, 3.8) is 0 Å². The van der Waals surface area contributed by atoms with Crippen LogP contribution < -0.4 is 5.32 Å². The maximum Gasteiger partial charge on any atom is 0.252 e. The van der Waals surface area contributed by atoms with Crippen molar-refractivity contribution in [3.05, 3.63) is 52.3 Å². The standard InChI is InChI=1S/C14H14BrN3O/c15-13-4-2-1-3-12(13)14(19)17-10-6-8-18-11(9-10)5-7-16-18/h1-5,7,10H,6,8-9H2,(H,17,19). The van der Waals surface area contributed by atoms with E-state index in [1.54, 1.807) is 0 Å². The quantitative estimate of drug-likeness (QED) is 0.923. The van der Waals surface area contributed by atoms with Crippen LogP contribution in [-0.2, 0) is 13.0 Å². The lowest BCUT2D eigenvalue weighted by Gasteiger charge is -2.24. The molecule has 5 heteroatoms. The van der Waals surface area contributed by atoms with E-state index in [0.717, 1.165) is 23.9 Å². The van der Waals surface area contributed by atoms with Gasteiger partial charge in [0.25, 0.3) is 5.91 Å². The van der Waals surface area contributed by atoms with Gasteiger partial charge in [-0.05, 0) is 40.5 Å². The summed E-state index contributed by atoms with van der Waals surface area (Å²) in [6, 6.07) is 9.67. The zero-order chi connectivity index (χ0) is 13.2. The lowest BCUT2D eigenvalue weighted by atomic mass is 10.0. The maximum absolute atomic E-state index is 12.2. The van der Waals surface area contributed by atoms with Gasteiger partial charge in [0.15, 0.2) is 0 Å². The van der Waals surface area contributed by atoms with Crippen molar-refractivity contribution in [3.8, 4) is 0 Å². The van der Waals surface area contributed by atoms with Crippen molar-refractivity contribution in [2.45, 2.75) is 25.4 Å². The van der Waals surface area contributed by atoms with Crippen LogP contribution in [0.1, 0.15) is 22.5 Å². The topological polar surface area (TPSA) is 46.9 Å². The number of amides is 1. The summed E-state index contributed by atoms with van der Waals surface area (Å²) in [6.07, 6.45) is 3.58. The Morgan fingerprint density at radius 2 is 2.21 bits per heavy atom. The number of hydrogen-bond acceptors (Lipinski definition) is 2. The number of halogens is 1. The summed E-state index contributed by atoms with van der Waals surface area (Å²) >= 11 is 3.41. The van der Waals surface area contributed by atoms with Crippen molar-refractivity contribution >= 4 is 21.8 Å². The van der Waals surface area contributed by atoms with Gasteiger partial charge in [-0.2, -0.15) is 5.10 Å². The van der Waals surface area contributed by atoms with E-state index in [9.17, 15) is 4.79 Å². The Hall–Kier alpha value is -1.62. The van der Waals surface area contributed by atoms with E-state index in [-0.39, 0.29) is 11.9 Å². The van der Waals surface area contributed by atoms with Gasteiger partial charge >= 0.3 is 0 Å². The van der Waals surface area contributed by atoms with Gasteiger partial charge in [0.05, 0.1) is 5.56 Å². The smallest absolute Gasteiger partial charge is 0.252 e. The predicted molar refractivity (Wildman–Crippen MR) is 75.9 cm³/mol. The van der Waals surface area contributed by atoms with E-state index in [1.807, 2.05) is 41.2 Å². The first-order valence-corrected chi connectivity index (χ1v) is 7.09. The molecule has 0 radical (unpaired) electrons. The number of carbonyl (C=O) groups excluding carboxylic acids is 1. The number of fused-ring (bicyclic) bond motifs is 1. The van der Waals surface area contributed by atoms with Crippen LogP contribution in [0, 0.1) is 0 Å². The molecule has 3 rings (SSSR count). The van der Waals surface area contributed by atoms with Crippen LogP contribution in [0.15, 0.2) is 41.0 Å². The van der Waals surface area contributed by atoms with Gasteiger partial charge in [0.1, 0.15) is 0 Å². The van der Waals surface area contributed by atoms with Crippen molar-refractivity contribution in [1.82, 2.24) is 15.1 Å². The normalized spacial score (nSPS) is 17.8. The SMILES string of the molecule is O=C(NC1CCn2nccc2C1)c1ccccc1Br. The van der Waals surface area contributed by atoms with Crippen LogP contribution in [0.25, 0.3) is 0 Å². The highest BCUT2D eigenvalue weighted by Crippen LogP contribution is 2.18. The number of aryl methyl sites for hydroxylation is 1. The Labute approximate surface area is 119 Å². The van der Waals surface area contributed by atoms with Crippen molar-refractivity contribution in [2.24, 2.45) is 0 Å². The number of hydrogen-bond donors (Lipinski definition) is 1. The second-order valence-electron chi connectivity index (χ2n) is 4.69. The van der Waals surface area contributed by atoms with E-state index in [0.29, 0.717) is 5.56 Å². The Balaban J connectivity index is 1.70. The van der Waals surface area contributed by atoms with Crippen LogP contribution >= 0.6 is 15.9 Å². The first-order valence-electron chi connectivity index (χ1n) is 6.30. The Kier molecular flexibility index (Phi) is 3.38. The van der Waals surface area contributed by atoms with Gasteiger partial charge in [-0.25, -0.2) is 0 Å². The molecule has 1 unspecified atom stereocenters. The molecular formula is C14H14BrN3O. The van der Waals surface area contributed by atoms with Gasteiger partial charge in [0.2, 0.25) is 0 Å². The summed E-state index contributed by atoms with van der Waals surface area (Å²) in [5.41, 5.74) is 1.87. The molecular weight excluding hydrogens is 306 g/mol. The third kappa shape index (κ3) is 2.56. The van der Waals surface area contributed by atoms with Gasteiger partial charge in [-0.15, -0.1) is 0 Å². The summed E-state index contributed by atoms with van der Waals surface area (Å²) in [7, 11) is 0. The molecule has 19 heavy (non-hydrogen) atoms. The Morgan fingerprint density at radius 3 is 3.05 bits per heavy atom. The monoisotopic (exact) mass is 319 g/mol. The van der Waals surface area contributed by atoms with Gasteiger partial charge in [-0.3, -0.25) is 9.48 Å². The van der Waals surface area contributed by atoms with Crippen molar-refractivity contribution in [1.29, 1.82) is 0 Å². The largest absolute Gasteiger partial charge is 0.349 e. The summed E-state index contributed by atoms with van der Waals surface area (Å²) in [6.45, 7) is 0.864. The minimum atomic E-state index is -0.0227. The predicted octanol–water partition coefficient (Wildman–Crippen LogP) is 2.39. The van der Waals surface area contributed by atoms with Gasteiger partial charge < -0.3 is 5.32 Å². The molecule has 0 aliphatic carbocycles. The molecule has 0 spiro atoms. The average molecular weight is 320 g/mol. The summed E-state index contributed by atoms with van der Waals surface area (Å²) < 4.78 is 2.83. The molecule has 1 aliphatic heterocycles. The van der Waals surface area contributed by atoms with E-state index in [2.05, 4.69) is 26.3 Å². The fourth-order valence-electron chi connectivity index (χ4n) is 2.40. The molecule has 1 atom stereocenters. The molecule has 2 heterocycles. The molecule has 1 aliphatic rings. The summed E-state index contributed by atoms with van der Waals surface area (Å²) in [5, 5.41) is 7.34. The first kappa shape index (κ1) is 12.4. The number of aromatic nitrogens is 2. The number of benzene rings is 1. The zero-order valence-electron chi connectivity index (χ0n) is 10.3. The number of carbonyl (C=O) groups is 1. The third-order valence-corrected chi connectivity index (χ3v) is 4.09. The minimum Gasteiger partial charge on any atom is -0.349 e. The molecule has 2 aromatic rings. The Morgan fingerprint density at radius 1 is 1.37 bits per heavy atom. The molecule has 0 bridgehead atoms. The number of nitrogens with zero attached hydrogens (tertiary/aromatic N) is 2. The van der Waals surface area contributed by atoms with E-state index >= 15 is 0 Å². The second-order valence-corrected chi connectivity index (χ2v) is 5.54. The van der Waals surface area contributed by atoms with Crippen molar-refractivity contribution < 1.29 is 4.79 Å². The molecule has 1 N–H and O–H groups in total. The van der Waals surface area contributed by atoms with Crippen molar-refractivity contribution in [2.75, 3.05) is 0 Å². The van der Waals surface area contributed by atoms with E-state index in [4.69, 9.17) is 0 Å². The molecule has 0 saturated heterocycles. The molecule has 1 aromatic heterocycles. The second kappa shape index (κ2) is 5.17. The lowest BCUT2D eigenvalue weighted by Crippen LogP contribution is -2.40. The molecule has 4 nitrogen and oxygen atoms in total. The van der Waals surface area contributed by atoms with Crippen LogP contribution in [-0.4, -0.2) is 21.7 Å².